The predicted octanol–water partition coefficient (Wildman–Crippen LogP) is 3.17. The molecule has 1 aromatic carbocycles. The molecule has 0 aromatic heterocycles. The van der Waals surface area contributed by atoms with Gasteiger partial charge in [-0.2, -0.15) is 0 Å². The van der Waals surface area contributed by atoms with Crippen molar-refractivity contribution in [3.05, 3.63) is 35.4 Å². The van der Waals surface area contributed by atoms with Crippen LogP contribution in [0, 0.1) is 0 Å². The quantitative estimate of drug-likeness (QED) is 0.784. The molecule has 0 bridgehead atoms. The summed E-state index contributed by atoms with van der Waals surface area (Å²) in [6.45, 7) is 4.61. The van der Waals surface area contributed by atoms with Gasteiger partial charge in [-0.1, -0.05) is 38.1 Å². The number of hydrogen-bond donors (Lipinski definition) is 1. The first-order chi connectivity index (χ1) is 6.65. The maximum absolute atomic E-state index is 13.5. The minimum Gasteiger partial charge on any atom is -0.330 e. The molecule has 0 aliphatic carbocycles. The summed E-state index contributed by atoms with van der Waals surface area (Å²) in [6, 6.07) is 7.70. The van der Waals surface area contributed by atoms with E-state index in [0.717, 1.165) is 5.56 Å². The van der Waals surface area contributed by atoms with E-state index >= 15 is 0 Å². The predicted molar refractivity (Wildman–Crippen MR) is 58.1 cm³/mol. The van der Waals surface area contributed by atoms with E-state index in [1.54, 1.807) is 0 Å². The van der Waals surface area contributed by atoms with Gasteiger partial charge in [-0.3, -0.25) is 0 Å². The Bertz CT molecular complexity index is 283. The average Bonchev–Trinajstić information content (AvgIpc) is 2.18. The van der Waals surface area contributed by atoms with Crippen LogP contribution in [0.25, 0.3) is 0 Å². The van der Waals surface area contributed by atoms with E-state index in [2.05, 4.69) is 13.8 Å². The summed E-state index contributed by atoms with van der Waals surface area (Å²) in [6.07, 6.45) is -0.514. The summed E-state index contributed by atoms with van der Waals surface area (Å²) in [5.74, 6) is 0.444. The molecule has 0 fully saturated rings. The zero-order valence-electron chi connectivity index (χ0n) is 8.83. The van der Waals surface area contributed by atoms with Gasteiger partial charge in [0.1, 0.15) is 6.17 Å². The van der Waals surface area contributed by atoms with Crippen molar-refractivity contribution in [3.8, 4) is 0 Å². The lowest BCUT2D eigenvalue weighted by atomic mass is 9.98. The summed E-state index contributed by atoms with van der Waals surface area (Å²) < 4.78 is 13.5. The number of alkyl halides is 1. The van der Waals surface area contributed by atoms with E-state index < -0.39 is 6.17 Å². The zero-order valence-corrected chi connectivity index (χ0v) is 8.83. The summed E-state index contributed by atoms with van der Waals surface area (Å²) in [4.78, 5) is 0. The highest BCUT2D eigenvalue weighted by molar-refractivity contribution is 5.27. The second kappa shape index (κ2) is 5.11. The summed E-state index contributed by atoms with van der Waals surface area (Å²) >= 11 is 0. The highest BCUT2D eigenvalue weighted by atomic mass is 19.1. The number of hydrogen-bond acceptors (Lipinski definition) is 1. The van der Waals surface area contributed by atoms with E-state index in [-0.39, 0.29) is 0 Å². The number of rotatable bonds is 4. The molecule has 0 saturated heterocycles. The lowest BCUT2D eigenvalue weighted by molar-refractivity contribution is 0.327. The molecule has 0 radical (unpaired) electrons. The minimum atomic E-state index is -0.918. The molecule has 2 N–H and O–H groups in total. The fourth-order valence-electron chi connectivity index (χ4n) is 1.43. The Hall–Kier alpha value is -0.890. The van der Waals surface area contributed by atoms with Crippen molar-refractivity contribution in [2.45, 2.75) is 32.4 Å². The first kappa shape index (κ1) is 11.2. The van der Waals surface area contributed by atoms with Crippen LogP contribution in [0.3, 0.4) is 0 Å². The number of halogens is 1. The van der Waals surface area contributed by atoms with Gasteiger partial charge in [0.2, 0.25) is 0 Å². The van der Waals surface area contributed by atoms with E-state index in [1.165, 1.54) is 5.56 Å². The molecular formula is C12H18FN. The van der Waals surface area contributed by atoms with E-state index in [0.29, 0.717) is 18.9 Å². The third-order valence-corrected chi connectivity index (χ3v) is 2.36. The van der Waals surface area contributed by atoms with Crippen LogP contribution < -0.4 is 5.73 Å². The largest absolute Gasteiger partial charge is 0.330 e. The SMILES string of the molecule is CC(C)c1cccc(C(F)CCN)c1. The van der Waals surface area contributed by atoms with Crippen molar-refractivity contribution in [2.75, 3.05) is 6.54 Å². The van der Waals surface area contributed by atoms with Gasteiger partial charge in [0.05, 0.1) is 0 Å². The van der Waals surface area contributed by atoms with E-state index in [9.17, 15) is 4.39 Å². The molecule has 0 spiro atoms. The zero-order chi connectivity index (χ0) is 10.6. The van der Waals surface area contributed by atoms with Crippen molar-refractivity contribution < 1.29 is 4.39 Å². The highest BCUT2D eigenvalue weighted by Crippen LogP contribution is 2.24. The molecule has 0 heterocycles. The molecule has 0 saturated carbocycles. The molecule has 1 atom stereocenters. The Kier molecular flexibility index (Phi) is 4.08. The van der Waals surface area contributed by atoms with Crippen LogP contribution in [0.4, 0.5) is 4.39 Å². The monoisotopic (exact) mass is 195 g/mol. The molecule has 78 valence electrons. The van der Waals surface area contributed by atoms with Gasteiger partial charge in [0.15, 0.2) is 0 Å². The molecule has 0 aliphatic rings. The summed E-state index contributed by atoms with van der Waals surface area (Å²) in [7, 11) is 0. The Morgan fingerprint density at radius 1 is 1.29 bits per heavy atom. The fraction of sp³-hybridized carbons (Fsp3) is 0.500. The fourth-order valence-corrected chi connectivity index (χ4v) is 1.43. The maximum Gasteiger partial charge on any atom is 0.126 e. The van der Waals surface area contributed by atoms with Crippen LogP contribution >= 0.6 is 0 Å². The summed E-state index contributed by atoms with van der Waals surface area (Å²) in [5.41, 5.74) is 7.26. The van der Waals surface area contributed by atoms with Gasteiger partial charge in [-0.05, 0) is 30.0 Å². The smallest absolute Gasteiger partial charge is 0.126 e. The maximum atomic E-state index is 13.5. The number of benzene rings is 1. The second-order valence-corrected chi connectivity index (χ2v) is 3.87. The molecule has 1 unspecified atom stereocenters. The Morgan fingerprint density at radius 2 is 1.93 bits per heavy atom. The van der Waals surface area contributed by atoms with Crippen LogP contribution in [-0.2, 0) is 0 Å². The van der Waals surface area contributed by atoms with Gasteiger partial charge < -0.3 is 5.73 Å². The first-order valence-corrected chi connectivity index (χ1v) is 5.09. The van der Waals surface area contributed by atoms with Crippen molar-refractivity contribution in [1.29, 1.82) is 0 Å². The van der Waals surface area contributed by atoms with Crippen LogP contribution in [0.5, 0.6) is 0 Å². The molecular weight excluding hydrogens is 177 g/mol. The molecule has 0 amide bonds. The van der Waals surface area contributed by atoms with Crippen molar-refractivity contribution in [3.63, 3.8) is 0 Å². The Morgan fingerprint density at radius 3 is 2.50 bits per heavy atom. The molecule has 0 aliphatic heterocycles. The normalized spacial score (nSPS) is 13.2. The van der Waals surface area contributed by atoms with Crippen LogP contribution in [0.2, 0.25) is 0 Å². The second-order valence-electron chi connectivity index (χ2n) is 3.87. The third-order valence-electron chi connectivity index (χ3n) is 2.36. The van der Waals surface area contributed by atoms with Crippen LogP contribution in [0.15, 0.2) is 24.3 Å². The highest BCUT2D eigenvalue weighted by Gasteiger charge is 2.09. The third kappa shape index (κ3) is 2.81. The van der Waals surface area contributed by atoms with Gasteiger partial charge in [-0.25, -0.2) is 4.39 Å². The van der Waals surface area contributed by atoms with E-state index in [1.807, 2.05) is 24.3 Å². The van der Waals surface area contributed by atoms with Gasteiger partial charge in [-0.15, -0.1) is 0 Å². The minimum absolute atomic E-state index is 0.396. The first-order valence-electron chi connectivity index (χ1n) is 5.09. The molecule has 1 rings (SSSR count). The van der Waals surface area contributed by atoms with Gasteiger partial charge in [0, 0.05) is 0 Å². The standard InChI is InChI=1S/C12H18FN/c1-9(2)10-4-3-5-11(8-10)12(13)6-7-14/h3-5,8-9,12H,6-7,14H2,1-2H3. The molecule has 14 heavy (non-hydrogen) atoms. The van der Waals surface area contributed by atoms with E-state index in [4.69, 9.17) is 5.73 Å². The van der Waals surface area contributed by atoms with Crippen LogP contribution in [-0.4, -0.2) is 6.54 Å². The molecule has 1 nitrogen and oxygen atoms in total. The molecule has 1 aromatic rings. The van der Waals surface area contributed by atoms with Crippen molar-refractivity contribution in [2.24, 2.45) is 5.73 Å². The average molecular weight is 195 g/mol. The van der Waals surface area contributed by atoms with Gasteiger partial charge in [0.25, 0.3) is 0 Å². The number of nitrogens with two attached hydrogens (primary N) is 1. The summed E-state index contributed by atoms with van der Waals surface area (Å²) in [5, 5.41) is 0. The van der Waals surface area contributed by atoms with Gasteiger partial charge >= 0.3 is 0 Å². The van der Waals surface area contributed by atoms with Crippen molar-refractivity contribution >= 4 is 0 Å². The Labute approximate surface area is 85.1 Å². The lowest BCUT2D eigenvalue weighted by Gasteiger charge is -2.10. The Balaban J connectivity index is 2.82. The lowest BCUT2D eigenvalue weighted by Crippen LogP contribution is -2.04. The van der Waals surface area contributed by atoms with Crippen LogP contribution in [0.1, 0.15) is 43.5 Å². The molecule has 2 heteroatoms. The topological polar surface area (TPSA) is 26.0 Å². The van der Waals surface area contributed by atoms with Crippen molar-refractivity contribution in [1.82, 2.24) is 0 Å².